The highest BCUT2D eigenvalue weighted by molar-refractivity contribution is 7.07. The molecule has 0 unspecified atom stereocenters. The lowest BCUT2D eigenvalue weighted by Gasteiger charge is -2.11. The first-order chi connectivity index (χ1) is 14.0. The van der Waals surface area contributed by atoms with Gasteiger partial charge < -0.3 is 19.5 Å². The molecule has 1 amide bonds. The maximum atomic E-state index is 12.2. The molecule has 7 nitrogen and oxygen atoms in total. The molecule has 3 rings (SSSR count). The molecule has 0 saturated heterocycles. The zero-order valence-corrected chi connectivity index (χ0v) is 17.6. The number of hydrogen-bond acceptors (Lipinski definition) is 7. The van der Waals surface area contributed by atoms with Crippen LogP contribution in [0.2, 0.25) is 0 Å². The van der Waals surface area contributed by atoms with Crippen molar-refractivity contribution in [2.45, 2.75) is 26.3 Å². The minimum atomic E-state index is -0.165. The Bertz CT molecular complexity index is 988. The smallest absolute Gasteiger partial charge is 0.298 e. The van der Waals surface area contributed by atoms with Crippen LogP contribution in [0.15, 0.2) is 42.5 Å². The van der Waals surface area contributed by atoms with Crippen molar-refractivity contribution < 1.29 is 19.0 Å². The highest BCUT2D eigenvalue weighted by Crippen LogP contribution is 2.33. The summed E-state index contributed by atoms with van der Waals surface area (Å²) in [4.78, 5) is 16.6. The van der Waals surface area contributed by atoms with Crippen LogP contribution >= 0.6 is 11.5 Å². The largest absolute Gasteiger partial charge is 0.497 e. The Hall–Kier alpha value is -3.13. The van der Waals surface area contributed by atoms with E-state index >= 15 is 0 Å². The molecule has 29 heavy (non-hydrogen) atoms. The number of nitrogens with zero attached hydrogens (tertiary/aromatic N) is 2. The zero-order chi connectivity index (χ0) is 20.8. The van der Waals surface area contributed by atoms with Crippen LogP contribution in [0.1, 0.15) is 35.6 Å². The SMILES string of the molecule is COc1cccc(Cc2nsc(Oc3ccc(C(=O)NC(C)C)cc3OC)n2)c1. The first kappa shape index (κ1) is 20.6. The van der Waals surface area contributed by atoms with E-state index in [4.69, 9.17) is 14.2 Å². The molecule has 0 aliphatic rings. The standard InChI is InChI=1S/C21H23N3O4S/c1-13(2)22-20(25)15-8-9-17(18(12-15)27-4)28-21-23-19(24-29-21)11-14-6-5-7-16(10-14)26-3/h5-10,12-13H,11H2,1-4H3,(H,22,25). The summed E-state index contributed by atoms with van der Waals surface area (Å²) in [6, 6.07) is 12.8. The molecule has 152 valence electrons. The minimum Gasteiger partial charge on any atom is -0.497 e. The number of amides is 1. The molecule has 3 aromatic rings. The van der Waals surface area contributed by atoms with Crippen LogP contribution in [-0.4, -0.2) is 35.5 Å². The van der Waals surface area contributed by atoms with Gasteiger partial charge in [-0.25, -0.2) is 0 Å². The van der Waals surface area contributed by atoms with E-state index in [1.165, 1.54) is 7.11 Å². The molecule has 0 atom stereocenters. The highest BCUT2D eigenvalue weighted by atomic mass is 32.1. The van der Waals surface area contributed by atoms with Crippen molar-refractivity contribution in [2.75, 3.05) is 14.2 Å². The van der Waals surface area contributed by atoms with Crippen LogP contribution in [-0.2, 0) is 6.42 Å². The number of ether oxygens (including phenoxy) is 3. The molecule has 1 heterocycles. The quantitative estimate of drug-likeness (QED) is 0.599. The van der Waals surface area contributed by atoms with Crippen LogP contribution in [0.4, 0.5) is 0 Å². The maximum Gasteiger partial charge on any atom is 0.298 e. The summed E-state index contributed by atoms with van der Waals surface area (Å²) >= 11 is 1.16. The van der Waals surface area contributed by atoms with Gasteiger partial charge in [0.1, 0.15) is 5.75 Å². The van der Waals surface area contributed by atoms with Crippen molar-refractivity contribution in [3.63, 3.8) is 0 Å². The molecule has 1 aromatic heterocycles. The summed E-state index contributed by atoms with van der Waals surface area (Å²) in [6.07, 6.45) is 0.572. The normalized spacial score (nSPS) is 10.7. The van der Waals surface area contributed by atoms with Crippen LogP contribution in [0.25, 0.3) is 0 Å². The second-order valence-electron chi connectivity index (χ2n) is 6.60. The Morgan fingerprint density at radius 2 is 1.93 bits per heavy atom. The Labute approximate surface area is 173 Å². The lowest BCUT2D eigenvalue weighted by atomic mass is 10.1. The minimum absolute atomic E-state index is 0.0498. The fraction of sp³-hybridized carbons (Fsp3) is 0.286. The van der Waals surface area contributed by atoms with Gasteiger partial charge in [-0.05, 0) is 49.7 Å². The Balaban J connectivity index is 1.72. The Kier molecular flexibility index (Phi) is 6.66. The molecule has 0 aliphatic heterocycles. The average molecular weight is 413 g/mol. The zero-order valence-electron chi connectivity index (χ0n) is 16.8. The molecular formula is C21H23N3O4S. The van der Waals surface area contributed by atoms with Gasteiger partial charge in [-0.2, -0.15) is 9.36 Å². The van der Waals surface area contributed by atoms with E-state index in [1.807, 2.05) is 38.1 Å². The topological polar surface area (TPSA) is 82.6 Å². The van der Waals surface area contributed by atoms with E-state index in [-0.39, 0.29) is 11.9 Å². The highest BCUT2D eigenvalue weighted by Gasteiger charge is 2.14. The average Bonchev–Trinajstić information content (AvgIpc) is 3.14. The molecule has 8 heteroatoms. The first-order valence-corrected chi connectivity index (χ1v) is 9.88. The first-order valence-electron chi connectivity index (χ1n) is 9.10. The summed E-state index contributed by atoms with van der Waals surface area (Å²) < 4.78 is 20.8. The van der Waals surface area contributed by atoms with Gasteiger partial charge in [-0.15, -0.1) is 0 Å². The maximum absolute atomic E-state index is 12.2. The third-order valence-electron chi connectivity index (χ3n) is 3.99. The van der Waals surface area contributed by atoms with Crippen LogP contribution < -0.4 is 19.5 Å². The van der Waals surface area contributed by atoms with Crippen molar-refractivity contribution in [1.29, 1.82) is 0 Å². The van der Waals surface area contributed by atoms with Gasteiger partial charge >= 0.3 is 0 Å². The van der Waals surface area contributed by atoms with E-state index < -0.39 is 0 Å². The van der Waals surface area contributed by atoms with Crippen molar-refractivity contribution in [3.8, 4) is 22.4 Å². The van der Waals surface area contributed by atoms with Crippen molar-refractivity contribution in [2.24, 2.45) is 0 Å². The van der Waals surface area contributed by atoms with Gasteiger partial charge in [-0.3, -0.25) is 4.79 Å². The number of nitrogens with one attached hydrogen (secondary N) is 1. The van der Waals surface area contributed by atoms with Crippen LogP contribution in [0, 0.1) is 0 Å². The molecule has 0 saturated carbocycles. The predicted molar refractivity (Wildman–Crippen MR) is 111 cm³/mol. The van der Waals surface area contributed by atoms with E-state index in [0.29, 0.717) is 34.5 Å². The summed E-state index contributed by atoms with van der Waals surface area (Å²) in [6.45, 7) is 3.82. The molecule has 0 bridgehead atoms. The van der Waals surface area contributed by atoms with Gasteiger partial charge in [0.05, 0.1) is 14.2 Å². The fourth-order valence-corrected chi connectivity index (χ4v) is 3.21. The number of aromatic nitrogens is 2. The van der Waals surface area contributed by atoms with Gasteiger partial charge in [0.25, 0.3) is 11.1 Å². The number of methoxy groups -OCH3 is 2. The van der Waals surface area contributed by atoms with Crippen molar-refractivity contribution >= 4 is 17.4 Å². The number of benzene rings is 2. The summed E-state index contributed by atoms with van der Waals surface area (Å²) in [5.41, 5.74) is 1.55. The van der Waals surface area contributed by atoms with Gasteiger partial charge in [0.15, 0.2) is 17.3 Å². The van der Waals surface area contributed by atoms with Crippen molar-refractivity contribution in [3.05, 3.63) is 59.4 Å². The fourth-order valence-electron chi connectivity index (χ4n) is 2.65. The van der Waals surface area contributed by atoms with Gasteiger partial charge in [-0.1, -0.05) is 12.1 Å². The lowest BCUT2D eigenvalue weighted by molar-refractivity contribution is 0.0942. The summed E-state index contributed by atoms with van der Waals surface area (Å²) in [5.74, 6) is 2.20. The lowest BCUT2D eigenvalue weighted by Crippen LogP contribution is -2.30. The second-order valence-corrected chi connectivity index (χ2v) is 7.32. The molecular weight excluding hydrogens is 390 g/mol. The van der Waals surface area contributed by atoms with Crippen molar-refractivity contribution in [1.82, 2.24) is 14.7 Å². The van der Waals surface area contributed by atoms with Gasteiger partial charge in [0, 0.05) is 29.6 Å². The Morgan fingerprint density at radius 1 is 1.10 bits per heavy atom. The number of carbonyl (C=O) groups excluding carboxylic acids is 1. The molecule has 0 aliphatic carbocycles. The van der Waals surface area contributed by atoms with Gasteiger partial charge in [0.2, 0.25) is 0 Å². The van der Waals surface area contributed by atoms with Crippen LogP contribution in [0.3, 0.4) is 0 Å². The summed E-state index contributed by atoms with van der Waals surface area (Å²) in [5, 5.41) is 3.25. The summed E-state index contributed by atoms with van der Waals surface area (Å²) in [7, 11) is 3.16. The molecule has 2 aromatic carbocycles. The number of rotatable bonds is 8. The second kappa shape index (κ2) is 9.38. The third-order valence-corrected chi connectivity index (χ3v) is 4.62. The predicted octanol–water partition coefficient (Wildman–Crippen LogP) is 4.08. The third kappa shape index (κ3) is 5.45. The molecule has 0 fully saturated rings. The van der Waals surface area contributed by atoms with E-state index in [1.54, 1.807) is 25.3 Å². The molecule has 0 spiro atoms. The number of carbonyl (C=O) groups is 1. The molecule has 0 radical (unpaired) electrons. The monoisotopic (exact) mass is 413 g/mol. The number of hydrogen-bond donors (Lipinski definition) is 1. The van der Waals surface area contributed by atoms with E-state index in [0.717, 1.165) is 22.8 Å². The molecule has 1 N–H and O–H groups in total. The van der Waals surface area contributed by atoms with E-state index in [2.05, 4.69) is 14.7 Å². The van der Waals surface area contributed by atoms with Crippen LogP contribution in [0.5, 0.6) is 22.4 Å². The Morgan fingerprint density at radius 3 is 2.66 bits per heavy atom. The van der Waals surface area contributed by atoms with E-state index in [9.17, 15) is 4.79 Å².